The van der Waals surface area contributed by atoms with Gasteiger partial charge in [-0.05, 0) is 24.3 Å². The molecule has 2 amide bonds. The van der Waals surface area contributed by atoms with Gasteiger partial charge >= 0.3 is 0 Å². The minimum Gasteiger partial charge on any atom is -0.370 e. The van der Waals surface area contributed by atoms with Crippen molar-refractivity contribution in [3.63, 3.8) is 0 Å². The number of para-hydroxylation sites is 1. The highest BCUT2D eigenvalue weighted by molar-refractivity contribution is 7.99. The molecule has 0 aliphatic carbocycles. The molecule has 0 aliphatic rings. The van der Waals surface area contributed by atoms with Crippen molar-refractivity contribution in [2.75, 3.05) is 16.8 Å². The van der Waals surface area contributed by atoms with Crippen LogP contribution < -0.4 is 11.1 Å². The molecule has 1 rings (SSSR count). The molecule has 0 radical (unpaired) electrons. The molecule has 0 saturated heterocycles. The van der Waals surface area contributed by atoms with Gasteiger partial charge in [-0.15, -0.1) is 0 Å². The van der Waals surface area contributed by atoms with Gasteiger partial charge in [0.05, 0.1) is 5.75 Å². The molecule has 0 fully saturated rings. The maximum atomic E-state index is 11.5. The number of anilines is 1. The van der Waals surface area contributed by atoms with Crippen LogP contribution >= 0.6 is 11.8 Å². The minimum absolute atomic E-state index is 0.0275. The Morgan fingerprint density at radius 1 is 1.24 bits per heavy atom. The summed E-state index contributed by atoms with van der Waals surface area (Å²) in [4.78, 5) is 22.0. The molecule has 0 atom stereocenters. The molecule has 0 saturated carbocycles. The number of nitrogens with one attached hydrogen (secondary N) is 1. The summed E-state index contributed by atoms with van der Waals surface area (Å²) in [5.41, 5.74) is 5.81. The number of thioether (sulfide) groups is 1. The smallest absolute Gasteiger partial charge is 0.234 e. The van der Waals surface area contributed by atoms with E-state index in [1.165, 1.54) is 11.8 Å². The Morgan fingerprint density at radius 2 is 1.94 bits per heavy atom. The Morgan fingerprint density at radius 3 is 2.59 bits per heavy atom. The van der Waals surface area contributed by atoms with Crippen LogP contribution in [0.4, 0.5) is 5.69 Å². The highest BCUT2D eigenvalue weighted by atomic mass is 32.2. The van der Waals surface area contributed by atoms with Crippen molar-refractivity contribution in [3.8, 4) is 0 Å². The lowest BCUT2D eigenvalue weighted by Gasteiger charge is -2.04. The van der Waals surface area contributed by atoms with Gasteiger partial charge < -0.3 is 11.1 Å². The van der Waals surface area contributed by atoms with E-state index < -0.39 is 0 Å². The second-order valence-corrected chi connectivity index (χ2v) is 4.64. The highest BCUT2D eigenvalue weighted by Gasteiger charge is 2.02. The van der Waals surface area contributed by atoms with Crippen LogP contribution in [-0.2, 0) is 9.59 Å². The Hall–Kier alpha value is -1.49. The van der Waals surface area contributed by atoms with Crippen LogP contribution in [0.1, 0.15) is 12.8 Å². The number of benzene rings is 1. The Balaban J connectivity index is 2.12. The first-order valence-electron chi connectivity index (χ1n) is 5.39. The van der Waals surface area contributed by atoms with Crippen LogP contribution in [0.5, 0.6) is 0 Å². The van der Waals surface area contributed by atoms with Gasteiger partial charge in [-0.1, -0.05) is 18.2 Å². The molecular weight excluding hydrogens is 236 g/mol. The lowest BCUT2D eigenvalue weighted by atomic mass is 10.3. The molecule has 1 aromatic rings. The number of carbonyl (C=O) groups excluding carboxylic acids is 2. The second-order valence-electron chi connectivity index (χ2n) is 3.54. The van der Waals surface area contributed by atoms with Gasteiger partial charge in [0.2, 0.25) is 11.8 Å². The third-order valence-electron chi connectivity index (χ3n) is 2.00. The van der Waals surface area contributed by atoms with E-state index in [2.05, 4.69) is 5.32 Å². The molecule has 0 aliphatic heterocycles. The molecule has 1 aromatic carbocycles. The zero-order valence-electron chi connectivity index (χ0n) is 9.52. The van der Waals surface area contributed by atoms with Crippen LogP contribution in [0.2, 0.25) is 0 Å². The number of amides is 2. The van der Waals surface area contributed by atoms with Crippen LogP contribution in [0.15, 0.2) is 30.3 Å². The fraction of sp³-hybridized carbons (Fsp3) is 0.333. The highest BCUT2D eigenvalue weighted by Crippen LogP contribution is 2.08. The van der Waals surface area contributed by atoms with Crippen LogP contribution in [0.3, 0.4) is 0 Å². The number of nitrogens with two attached hydrogens (primary N) is 1. The molecule has 0 unspecified atom stereocenters. The SMILES string of the molecule is NC(=O)CCCSCC(=O)Nc1ccccc1. The summed E-state index contributed by atoms with van der Waals surface area (Å²) in [6.45, 7) is 0. The normalized spacial score (nSPS) is 9.88. The predicted octanol–water partition coefficient (Wildman–Crippen LogP) is 1.62. The minimum atomic E-state index is -0.292. The average Bonchev–Trinajstić information content (AvgIpc) is 2.29. The van der Waals surface area contributed by atoms with Gasteiger partial charge in [-0.2, -0.15) is 11.8 Å². The van der Waals surface area contributed by atoms with Crippen molar-refractivity contribution in [2.24, 2.45) is 5.73 Å². The summed E-state index contributed by atoms with van der Waals surface area (Å²) >= 11 is 1.50. The van der Waals surface area contributed by atoms with Gasteiger partial charge in [0.1, 0.15) is 0 Å². The lowest BCUT2D eigenvalue weighted by Crippen LogP contribution is -2.14. The summed E-state index contributed by atoms with van der Waals surface area (Å²) in [6.07, 6.45) is 1.10. The third-order valence-corrected chi connectivity index (χ3v) is 3.05. The van der Waals surface area contributed by atoms with Crippen molar-refractivity contribution in [2.45, 2.75) is 12.8 Å². The van der Waals surface area contributed by atoms with Gasteiger partial charge in [-0.3, -0.25) is 9.59 Å². The van der Waals surface area contributed by atoms with E-state index in [9.17, 15) is 9.59 Å². The Labute approximate surface area is 105 Å². The van der Waals surface area contributed by atoms with E-state index in [-0.39, 0.29) is 11.8 Å². The zero-order valence-corrected chi connectivity index (χ0v) is 10.3. The largest absolute Gasteiger partial charge is 0.370 e. The molecule has 5 heteroatoms. The predicted molar refractivity (Wildman–Crippen MR) is 70.8 cm³/mol. The third kappa shape index (κ3) is 6.63. The molecule has 3 N–H and O–H groups in total. The van der Waals surface area contributed by atoms with E-state index in [0.29, 0.717) is 12.2 Å². The lowest BCUT2D eigenvalue weighted by molar-refractivity contribution is -0.118. The first-order chi connectivity index (χ1) is 8.18. The van der Waals surface area contributed by atoms with Gasteiger partial charge in [-0.25, -0.2) is 0 Å². The summed E-state index contributed by atoms with van der Waals surface area (Å²) in [6, 6.07) is 9.32. The molecule has 0 heterocycles. The topological polar surface area (TPSA) is 72.2 Å². The molecule has 4 nitrogen and oxygen atoms in total. The van der Waals surface area contributed by atoms with Crippen LogP contribution in [0.25, 0.3) is 0 Å². The quantitative estimate of drug-likeness (QED) is 0.724. The molecule has 17 heavy (non-hydrogen) atoms. The zero-order chi connectivity index (χ0) is 12.5. The maximum Gasteiger partial charge on any atom is 0.234 e. The molecule has 0 aromatic heterocycles. The maximum absolute atomic E-state index is 11.5. The van der Waals surface area contributed by atoms with Gasteiger partial charge in [0.25, 0.3) is 0 Å². The van der Waals surface area contributed by atoms with E-state index in [0.717, 1.165) is 17.9 Å². The molecular formula is C12H16N2O2S. The average molecular weight is 252 g/mol. The molecule has 92 valence electrons. The summed E-state index contributed by atoms with van der Waals surface area (Å²) in [5, 5.41) is 2.79. The fourth-order valence-electron chi connectivity index (χ4n) is 1.23. The van der Waals surface area contributed by atoms with Crippen molar-refractivity contribution in [1.82, 2.24) is 0 Å². The standard InChI is InChI=1S/C12H16N2O2S/c13-11(15)7-4-8-17-9-12(16)14-10-5-2-1-3-6-10/h1-3,5-6H,4,7-9H2,(H2,13,15)(H,14,16). The first kappa shape index (κ1) is 13.6. The van der Waals surface area contributed by atoms with Crippen molar-refractivity contribution in [1.29, 1.82) is 0 Å². The number of rotatable bonds is 7. The van der Waals surface area contributed by atoms with Crippen LogP contribution in [0, 0.1) is 0 Å². The van der Waals surface area contributed by atoms with E-state index in [4.69, 9.17) is 5.73 Å². The molecule has 0 bridgehead atoms. The Kier molecular flexibility index (Phi) is 6.17. The van der Waals surface area contributed by atoms with Crippen LogP contribution in [-0.4, -0.2) is 23.3 Å². The fourth-order valence-corrected chi connectivity index (χ4v) is 1.98. The van der Waals surface area contributed by atoms with Crippen molar-refractivity contribution < 1.29 is 9.59 Å². The van der Waals surface area contributed by atoms with Crippen molar-refractivity contribution in [3.05, 3.63) is 30.3 Å². The number of primary amides is 1. The first-order valence-corrected chi connectivity index (χ1v) is 6.55. The van der Waals surface area contributed by atoms with Gasteiger partial charge in [0, 0.05) is 12.1 Å². The van der Waals surface area contributed by atoms with E-state index >= 15 is 0 Å². The summed E-state index contributed by atoms with van der Waals surface area (Å²) < 4.78 is 0. The van der Waals surface area contributed by atoms with Crippen molar-refractivity contribution >= 4 is 29.3 Å². The number of hydrogen-bond acceptors (Lipinski definition) is 3. The summed E-state index contributed by atoms with van der Waals surface area (Å²) in [5.74, 6) is 0.846. The number of carbonyl (C=O) groups is 2. The van der Waals surface area contributed by atoms with E-state index in [1.54, 1.807) is 0 Å². The summed E-state index contributed by atoms with van der Waals surface area (Å²) in [7, 11) is 0. The monoisotopic (exact) mass is 252 g/mol. The second kappa shape index (κ2) is 7.73. The van der Waals surface area contributed by atoms with E-state index in [1.807, 2.05) is 30.3 Å². The Bertz CT molecular complexity index is 368. The molecule has 0 spiro atoms. The van der Waals surface area contributed by atoms with Gasteiger partial charge in [0.15, 0.2) is 0 Å². The number of hydrogen-bond donors (Lipinski definition) is 2.